The summed E-state index contributed by atoms with van der Waals surface area (Å²) < 4.78 is 2.18. The zero-order valence-corrected chi connectivity index (χ0v) is 14.8. The number of hydrogen-bond donors (Lipinski definition) is 0. The first-order valence-electron chi connectivity index (χ1n) is 7.98. The van der Waals surface area contributed by atoms with Gasteiger partial charge in [-0.15, -0.1) is 0 Å². The first-order chi connectivity index (χ1) is 10.9. The molecule has 0 fully saturated rings. The lowest BCUT2D eigenvalue weighted by molar-refractivity contribution is 0.0731. The number of aromatic nitrogens is 2. The van der Waals surface area contributed by atoms with E-state index in [0.717, 1.165) is 23.5 Å². The number of benzene rings is 1. The van der Waals surface area contributed by atoms with Gasteiger partial charge < -0.3 is 9.47 Å². The smallest absolute Gasteiger partial charge is 0.255 e. The second kappa shape index (κ2) is 6.00. The van der Waals surface area contributed by atoms with Crippen molar-refractivity contribution in [2.24, 2.45) is 7.05 Å². The van der Waals surface area contributed by atoms with Crippen LogP contribution in [0.2, 0.25) is 5.02 Å². The van der Waals surface area contributed by atoms with E-state index >= 15 is 0 Å². The molecule has 0 bridgehead atoms. The molecule has 0 radical (unpaired) electrons. The minimum atomic E-state index is -0.0163. The van der Waals surface area contributed by atoms with Crippen molar-refractivity contribution in [2.45, 2.75) is 39.7 Å². The second-order valence-corrected chi connectivity index (χ2v) is 6.94. The van der Waals surface area contributed by atoms with Crippen LogP contribution in [0.5, 0.6) is 0 Å². The van der Waals surface area contributed by atoms with E-state index < -0.39 is 0 Å². The molecule has 4 nitrogen and oxygen atoms in total. The maximum atomic E-state index is 12.8. The van der Waals surface area contributed by atoms with Gasteiger partial charge in [-0.3, -0.25) is 4.79 Å². The number of aryl methyl sites for hydroxylation is 1. The molecule has 0 atom stereocenters. The van der Waals surface area contributed by atoms with Gasteiger partial charge in [0.05, 0.1) is 22.8 Å². The molecular formula is C18H22ClN3O. The lowest BCUT2D eigenvalue weighted by Gasteiger charge is -2.27. The molecule has 0 spiro atoms. The highest BCUT2D eigenvalue weighted by Gasteiger charge is 2.27. The Kier molecular flexibility index (Phi) is 4.19. The SMILES string of the molecule is Cc1ccc(C(=O)N2CCc3c(nc(C(C)C)n3C)C2)c(Cl)c1. The summed E-state index contributed by atoms with van der Waals surface area (Å²) in [5, 5.41) is 0.518. The summed E-state index contributed by atoms with van der Waals surface area (Å²) in [4.78, 5) is 19.4. The van der Waals surface area contributed by atoms with Crippen LogP contribution < -0.4 is 0 Å². The largest absolute Gasteiger partial charge is 0.334 e. The predicted octanol–water partition coefficient (Wildman–Crippen LogP) is 3.70. The number of nitrogens with zero attached hydrogens (tertiary/aromatic N) is 3. The van der Waals surface area contributed by atoms with E-state index in [1.807, 2.05) is 30.0 Å². The summed E-state index contributed by atoms with van der Waals surface area (Å²) in [6.45, 7) is 7.51. The molecule has 23 heavy (non-hydrogen) atoms. The van der Waals surface area contributed by atoms with Crippen molar-refractivity contribution in [3.05, 3.63) is 51.6 Å². The van der Waals surface area contributed by atoms with Gasteiger partial charge in [0.1, 0.15) is 5.82 Å². The van der Waals surface area contributed by atoms with E-state index in [4.69, 9.17) is 16.6 Å². The topological polar surface area (TPSA) is 38.1 Å². The number of imidazole rings is 1. The lowest BCUT2D eigenvalue weighted by atomic mass is 10.1. The van der Waals surface area contributed by atoms with Gasteiger partial charge in [0.15, 0.2) is 0 Å². The number of hydrogen-bond acceptors (Lipinski definition) is 2. The third kappa shape index (κ3) is 2.88. The highest BCUT2D eigenvalue weighted by Crippen LogP contribution is 2.26. The molecule has 0 unspecified atom stereocenters. The zero-order valence-electron chi connectivity index (χ0n) is 14.1. The van der Waals surface area contributed by atoms with Gasteiger partial charge in [-0.1, -0.05) is 31.5 Å². The molecule has 1 aromatic heterocycles. The highest BCUT2D eigenvalue weighted by atomic mass is 35.5. The van der Waals surface area contributed by atoms with Gasteiger partial charge in [-0.05, 0) is 24.6 Å². The fraction of sp³-hybridized carbons (Fsp3) is 0.444. The van der Waals surface area contributed by atoms with E-state index in [1.54, 1.807) is 0 Å². The van der Waals surface area contributed by atoms with Crippen LogP contribution in [0.15, 0.2) is 18.2 Å². The molecule has 122 valence electrons. The average Bonchev–Trinajstić information content (AvgIpc) is 2.83. The quantitative estimate of drug-likeness (QED) is 0.841. The minimum Gasteiger partial charge on any atom is -0.334 e. The Morgan fingerprint density at radius 2 is 2.09 bits per heavy atom. The van der Waals surface area contributed by atoms with Crippen molar-refractivity contribution < 1.29 is 4.79 Å². The summed E-state index contributed by atoms with van der Waals surface area (Å²) in [7, 11) is 2.06. The van der Waals surface area contributed by atoms with Gasteiger partial charge in [0.2, 0.25) is 0 Å². The van der Waals surface area contributed by atoms with Crippen molar-refractivity contribution in [1.29, 1.82) is 0 Å². The van der Waals surface area contributed by atoms with Gasteiger partial charge in [0, 0.05) is 31.6 Å². The van der Waals surface area contributed by atoms with E-state index in [9.17, 15) is 4.79 Å². The number of carbonyl (C=O) groups excluding carboxylic acids is 1. The van der Waals surface area contributed by atoms with Crippen LogP contribution in [0.3, 0.4) is 0 Å². The minimum absolute atomic E-state index is 0.0163. The number of amides is 1. The van der Waals surface area contributed by atoms with Gasteiger partial charge in [0.25, 0.3) is 5.91 Å². The Labute approximate surface area is 142 Å². The molecule has 1 aromatic carbocycles. The zero-order chi connectivity index (χ0) is 16.7. The Morgan fingerprint density at radius 3 is 2.74 bits per heavy atom. The van der Waals surface area contributed by atoms with Crippen LogP contribution in [0.1, 0.15) is 52.9 Å². The Morgan fingerprint density at radius 1 is 1.35 bits per heavy atom. The summed E-state index contributed by atoms with van der Waals surface area (Å²) in [6.07, 6.45) is 0.834. The molecule has 5 heteroatoms. The fourth-order valence-electron chi connectivity index (χ4n) is 3.20. The summed E-state index contributed by atoms with van der Waals surface area (Å²) in [6, 6.07) is 5.57. The first-order valence-corrected chi connectivity index (χ1v) is 8.36. The van der Waals surface area contributed by atoms with E-state index in [2.05, 4.69) is 25.5 Å². The standard InChI is InChI=1S/C18H22ClN3O/c1-11(2)17-20-15-10-22(8-7-16(15)21(17)4)18(23)13-6-5-12(3)9-14(13)19/h5-6,9,11H,7-8,10H2,1-4H3. The van der Waals surface area contributed by atoms with Crippen LogP contribution in [0.25, 0.3) is 0 Å². The van der Waals surface area contributed by atoms with E-state index in [1.165, 1.54) is 5.69 Å². The van der Waals surface area contributed by atoms with Crippen LogP contribution in [-0.4, -0.2) is 26.9 Å². The molecule has 0 saturated heterocycles. The number of halogens is 1. The summed E-state index contributed by atoms with van der Waals surface area (Å²) >= 11 is 6.25. The molecule has 1 amide bonds. The first kappa shape index (κ1) is 16.1. The number of fused-ring (bicyclic) bond motifs is 1. The van der Waals surface area contributed by atoms with Crippen LogP contribution >= 0.6 is 11.6 Å². The van der Waals surface area contributed by atoms with Crippen molar-refractivity contribution in [1.82, 2.24) is 14.5 Å². The molecule has 1 aliphatic heterocycles. The third-order valence-electron chi connectivity index (χ3n) is 4.45. The van der Waals surface area contributed by atoms with Crippen molar-refractivity contribution >= 4 is 17.5 Å². The third-order valence-corrected chi connectivity index (χ3v) is 4.76. The predicted molar refractivity (Wildman–Crippen MR) is 91.9 cm³/mol. The van der Waals surface area contributed by atoms with Crippen molar-refractivity contribution in [2.75, 3.05) is 6.54 Å². The normalized spacial score (nSPS) is 14.3. The molecule has 0 aliphatic carbocycles. The van der Waals surface area contributed by atoms with Crippen LogP contribution in [0.4, 0.5) is 0 Å². The van der Waals surface area contributed by atoms with Gasteiger partial charge in [-0.25, -0.2) is 4.98 Å². The molecule has 2 heterocycles. The lowest BCUT2D eigenvalue weighted by Crippen LogP contribution is -2.36. The molecule has 0 saturated carbocycles. The number of rotatable bonds is 2. The maximum absolute atomic E-state index is 12.8. The summed E-state index contributed by atoms with van der Waals surface area (Å²) in [5.74, 6) is 1.44. The Balaban J connectivity index is 1.87. The van der Waals surface area contributed by atoms with Crippen LogP contribution in [0, 0.1) is 6.92 Å². The van der Waals surface area contributed by atoms with Crippen molar-refractivity contribution in [3.8, 4) is 0 Å². The number of carbonyl (C=O) groups is 1. The monoisotopic (exact) mass is 331 g/mol. The molecule has 2 aromatic rings. The second-order valence-electron chi connectivity index (χ2n) is 6.54. The van der Waals surface area contributed by atoms with Gasteiger partial charge in [-0.2, -0.15) is 0 Å². The van der Waals surface area contributed by atoms with Gasteiger partial charge >= 0.3 is 0 Å². The van der Waals surface area contributed by atoms with Crippen molar-refractivity contribution in [3.63, 3.8) is 0 Å². The molecule has 0 N–H and O–H groups in total. The summed E-state index contributed by atoms with van der Waals surface area (Å²) in [5.41, 5.74) is 3.88. The fourth-order valence-corrected chi connectivity index (χ4v) is 3.52. The Bertz CT molecular complexity index is 764. The maximum Gasteiger partial charge on any atom is 0.255 e. The van der Waals surface area contributed by atoms with Crippen LogP contribution in [-0.2, 0) is 20.0 Å². The molecule has 1 aliphatic rings. The Hall–Kier alpha value is -1.81. The highest BCUT2D eigenvalue weighted by molar-refractivity contribution is 6.33. The van der Waals surface area contributed by atoms with E-state index in [-0.39, 0.29) is 5.91 Å². The molecular weight excluding hydrogens is 310 g/mol. The molecule has 3 rings (SSSR count). The average molecular weight is 332 g/mol. The van der Waals surface area contributed by atoms with E-state index in [0.29, 0.717) is 29.6 Å².